The Morgan fingerprint density at radius 2 is 1.77 bits per heavy atom. The topological polar surface area (TPSA) is 93.9 Å². The van der Waals surface area contributed by atoms with E-state index in [1.54, 1.807) is 4.90 Å². The zero-order valence-electron chi connectivity index (χ0n) is 22.9. The van der Waals surface area contributed by atoms with E-state index >= 15 is 0 Å². The molecule has 3 aromatic heterocycles. The summed E-state index contributed by atoms with van der Waals surface area (Å²) in [7, 11) is 1.82. The minimum absolute atomic E-state index is 0.104. The Labute approximate surface area is 233 Å². The van der Waals surface area contributed by atoms with Crippen molar-refractivity contribution in [1.82, 2.24) is 24.4 Å². The third-order valence-corrected chi connectivity index (χ3v) is 8.96. The van der Waals surface area contributed by atoms with Crippen LogP contribution in [0, 0.1) is 0 Å². The van der Waals surface area contributed by atoms with Gasteiger partial charge in [-0.3, -0.25) is 9.88 Å². The van der Waals surface area contributed by atoms with E-state index in [-0.39, 0.29) is 17.8 Å². The molecular formula is C29H36N6O5. The Kier molecular flexibility index (Phi) is 6.82. The predicted octanol–water partition coefficient (Wildman–Crippen LogP) is 2.39. The Morgan fingerprint density at radius 3 is 2.40 bits per heavy atom. The van der Waals surface area contributed by atoms with Crippen molar-refractivity contribution in [3.63, 3.8) is 0 Å². The molecule has 0 unspecified atom stereocenters. The Balaban J connectivity index is 1.04. The van der Waals surface area contributed by atoms with Gasteiger partial charge in [-0.15, -0.1) is 0 Å². The quantitative estimate of drug-likeness (QED) is 0.460. The molecule has 1 amide bonds. The molecular weight excluding hydrogens is 512 g/mol. The Hall–Kier alpha value is -3.25. The summed E-state index contributed by atoms with van der Waals surface area (Å²) in [6, 6.07) is 9.00. The number of piperazine rings is 1. The molecule has 7 rings (SSSR count). The van der Waals surface area contributed by atoms with Crippen molar-refractivity contribution >= 4 is 17.3 Å². The normalized spacial score (nSPS) is 22.2. The number of amides is 1. The van der Waals surface area contributed by atoms with Gasteiger partial charge in [0.05, 0.1) is 55.0 Å². The van der Waals surface area contributed by atoms with E-state index in [2.05, 4.69) is 33.1 Å². The van der Waals surface area contributed by atoms with Gasteiger partial charge in [0.15, 0.2) is 6.10 Å². The van der Waals surface area contributed by atoms with Gasteiger partial charge in [0, 0.05) is 76.1 Å². The highest BCUT2D eigenvalue weighted by Gasteiger charge is 2.39. The first kappa shape index (κ1) is 25.7. The van der Waals surface area contributed by atoms with Gasteiger partial charge < -0.3 is 28.7 Å². The van der Waals surface area contributed by atoms with Gasteiger partial charge in [-0.25, -0.2) is 9.31 Å². The minimum atomic E-state index is -0.299. The van der Waals surface area contributed by atoms with Crippen molar-refractivity contribution < 1.29 is 23.7 Å². The zero-order chi connectivity index (χ0) is 27.1. The van der Waals surface area contributed by atoms with E-state index in [0.29, 0.717) is 32.3 Å². The fourth-order valence-corrected chi connectivity index (χ4v) is 6.17. The lowest BCUT2D eigenvalue weighted by molar-refractivity contribution is -0.112. The van der Waals surface area contributed by atoms with E-state index in [4.69, 9.17) is 23.9 Å². The monoisotopic (exact) mass is 548 g/mol. The molecule has 4 fully saturated rings. The number of hydrogen-bond donors (Lipinski definition) is 0. The molecule has 4 saturated heterocycles. The summed E-state index contributed by atoms with van der Waals surface area (Å²) in [6.45, 7) is 7.40. The number of rotatable bonds is 6. The second-order valence-corrected chi connectivity index (χ2v) is 11.2. The number of ether oxygens (including phenoxy) is 4. The number of likely N-dealkylation sites (tertiary alicyclic amines) is 1. The van der Waals surface area contributed by atoms with Crippen molar-refractivity contribution in [2.75, 3.05) is 77.7 Å². The summed E-state index contributed by atoms with van der Waals surface area (Å²) >= 11 is 0. The lowest BCUT2D eigenvalue weighted by Gasteiger charge is -2.46. The van der Waals surface area contributed by atoms with Gasteiger partial charge in [-0.05, 0) is 31.0 Å². The van der Waals surface area contributed by atoms with Crippen LogP contribution in [-0.4, -0.2) is 115 Å². The molecule has 0 bridgehead atoms. The molecule has 0 saturated carbocycles. The van der Waals surface area contributed by atoms with Gasteiger partial charge in [0.2, 0.25) is 0 Å². The van der Waals surface area contributed by atoms with Crippen LogP contribution < -0.4 is 4.90 Å². The van der Waals surface area contributed by atoms with E-state index < -0.39 is 0 Å². The van der Waals surface area contributed by atoms with Crippen LogP contribution in [0.4, 0.5) is 10.5 Å². The van der Waals surface area contributed by atoms with Gasteiger partial charge >= 0.3 is 6.09 Å². The fourth-order valence-electron chi connectivity index (χ4n) is 6.17. The average Bonchev–Trinajstić information content (AvgIpc) is 3.39. The maximum Gasteiger partial charge on any atom is 0.410 e. The van der Waals surface area contributed by atoms with Crippen molar-refractivity contribution in [1.29, 1.82) is 0 Å². The fraction of sp³-hybridized carbons (Fsp3) is 0.552. The van der Waals surface area contributed by atoms with Crippen LogP contribution in [0.25, 0.3) is 16.8 Å². The summed E-state index contributed by atoms with van der Waals surface area (Å²) in [6.07, 6.45) is 7.37. The van der Waals surface area contributed by atoms with Crippen LogP contribution in [0.1, 0.15) is 18.4 Å². The first-order valence-electron chi connectivity index (χ1n) is 14.2. The number of pyridine rings is 1. The average molecular weight is 549 g/mol. The van der Waals surface area contributed by atoms with Crippen LogP contribution in [0.3, 0.4) is 0 Å². The first-order chi connectivity index (χ1) is 19.6. The van der Waals surface area contributed by atoms with E-state index in [1.807, 2.05) is 36.3 Å². The smallest absolute Gasteiger partial charge is 0.410 e. The van der Waals surface area contributed by atoms with Gasteiger partial charge in [-0.2, -0.15) is 5.10 Å². The largest absolute Gasteiger partial charge is 0.441 e. The lowest BCUT2D eigenvalue weighted by atomic mass is 9.84. The highest BCUT2D eigenvalue weighted by atomic mass is 16.6. The maximum atomic E-state index is 12.4. The molecule has 0 N–H and O–H groups in total. The number of aromatic nitrogens is 3. The van der Waals surface area contributed by atoms with E-state index in [9.17, 15) is 4.79 Å². The van der Waals surface area contributed by atoms with Crippen molar-refractivity contribution in [3.8, 4) is 11.3 Å². The van der Waals surface area contributed by atoms with Gasteiger partial charge in [0.25, 0.3) is 0 Å². The van der Waals surface area contributed by atoms with Crippen LogP contribution >= 0.6 is 0 Å². The summed E-state index contributed by atoms with van der Waals surface area (Å²) in [5.74, 6) is 0. The Morgan fingerprint density at radius 1 is 1.00 bits per heavy atom. The Bertz CT molecular complexity index is 1340. The molecule has 0 atom stereocenters. The first-order valence-corrected chi connectivity index (χ1v) is 14.2. The number of nitrogens with zero attached hydrogens (tertiary/aromatic N) is 6. The number of hydrogen-bond acceptors (Lipinski definition) is 9. The van der Waals surface area contributed by atoms with Crippen molar-refractivity contribution in [2.45, 2.75) is 30.6 Å². The molecule has 0 aromatic carbocycles. The molecule has 0 aliphatic carbocycles. The summed E-state index contributed by atoms with van der Waals surface area (Å²) in [5.41, 5.74) is 4.87. The molecule has 11 heteroatoms. The molecule has 0 radical (unpaired) electrons. The summed E-state index contributed by atoms with van der Waals surface area (Å²) < 4.78 is 24.0. The SMILES string of the molecule is COC1(c2ccc(-c3cc4c(N5CCN(C(=O)OC6COC6)CC5)ccnn4c3)nc2)CCN(C2COC2)CC1. The molecule has 4 aliphatic rings. The maximum absolute atomic E-state index is 12.4. The summed E-state index contributed by atoms with van der Waals surface area (Å²) in [4.78, 5) is 23.9. The van der Waals surface area contributed by atoms with E-state index in [1.165, 1.54) is 0 Å². The third kappa shape index (κ3) is 4.70. The van der Waals surface area contributed by atoms with E-state index in [0.717, 1.165) is 80.3 Å². The van der Waals surface area contributed by atoms with Crippen molar-refractivity contribution in [2.24, 2.45) is 0 Å². The summed E-state index contributed by atoms with van der Waals surface area (Å²) in [5, 5.41) is 4.56. The van der Waals surface area contributed by atoms with Crippen LogP contribution in [0.5, 0.6) is 0 Å². The number of anilines is 1. The number of carbonyl (C=O) groups is 1. The van der Waals surface area contributed by atoms with Gasteiger partial charge in [0.1, 0.15) is 0 Å². The van der Waals surface area contributed by atoms with Crippen LogP contribution in [0.2, 0.25) is 0 Å². The zero-order valence-corrected chi connectivity index (χ0v) is 22.9. The highest BCUT2D eigenvalue weighted by Crippen LogP contribution is 2.38. The highest BCUT2D eigenvalue weighted by molar-refractivity contribution is 5.79. The number of fused-ring (bicyclic) bond motifs is 1. The molecule has 3 aromatic rings. The van der Waals surface area contributed by atoms with Crippen molar-refractivity contribution in [3.05, 3.63) is 48.4 Å². The molecule has 0 spiro atoms. The molecule has 7 heterocycles. The second kappa shape index (κ2) is 10.6. The molecule has 4 aliphatic heterocycles. The van der Waals surface area contributed by atoms with Crippen LogP contribution in [0.15, 0.2) is 42.9 Å². The van der Waals surface area contributed by atoms with Crippen LogP contribution in [-0.2, 0) is 24.5 Å². The molecule has 11 nitrogen and oxygen atoms in total. The van der Waals surface area contributed by atoms with Gasteiger partial charge in [-0.1, -0.05) is 6.07 Å². The number of piperidine rings is 1. The number of carbonyl (C=O) groups excluding carboxylic acids is 1. The minimum Gasteiger partial charge on any atom is -0.441 e. The standard InChI is InChI=1S/C29H36N6O5/c1-37-29(5-8-32(9-6-29)23-17-38-18-23)22-2-3-25(30-15-22)21-14-27-26(4-7-31-35(27)16-21)33-10-12-34(13-11-33)28(36)40-24-19-39-20-24/h2-4,7,14-16,23-24H,5-6,8-13,17-20H2,1H3. The number of methoxy groups -OCH3 is 1. The molecule has 40 heavy (non-hydrogen) atoms. The second-order valence-electron chi connectivity index (χ2n) is 11.2. The lowest BCUT2D eigenvalue weighted by Crippen LogP contribution is -2.54. The molecule has 212 valence electrons. The predicted molar refractivity (Wildman–Crippen MR) is 147 cm³/mol. The third-order valence-electron chi connectivity index (χ3n) is 8.96.